The van der Waals surface area contributed by atoms with Crippen molar-refractivity contribution in [3.05, 3.63) is 94.7 Å². The number of nitro groups is 1. The number of nitro benzene ring substituents is 1. The number of thioether (sulfide) groups is 1. The van der Waals surface area contributed by atoms with Gasteiger partial charge in [0.2, 0.25) is 5.91 Å². The number of non-ortho nitro benzene ring substituents is 1. The number of fused-ring (bicyclic) bond motifs is 1. The smallest absolute Gasteiger partial charge is 0.269 e. The molecule has 3 N–H and O–H groups in total. The van der Waals surface area contributed by atoms with E-state index >= 15 is 0 Å². The van der Waals surface area contributed by atoms with Crippen LogP contribution in [0.5, 0.6) is 0 Å². The first-order chi connectivity index (χ1) is 15.9. The predicted octanol–water partition coefficient (Wildman–Crippen LogP) is 5.45. The summed E-state index contributed by atoms with van der Waals surface area (Å²) in [6.07, 6.45) is 1.85. The lowest BCUT2D eigenvalue weighted by atomic mass is 10.2. The second-order valence-corrected chi connectivity index (χ2v) is 8.73. The van der Waals surface area contributed by atoms with E-state index in [9.17, 15) is 19.7 Å². The fourth-order valence-corrected chi connectivity index (χ4v) is 4.14. The van der Waals surface area contributed by atoms with Gasteiger partial charge in [0.1, 0.15) is 0 Å². The van der Waals surface area contributed by atoms with Gasteiger partial charge < -0.3 is 15.6 Å². The molecule has 1 unspecified atom stereocenters. The van der Waals surface area contributed by atoms with Crippen molar-refractivity contribution in [2.24, 2.45) is 0 Å². The van der Waals surface area contributed by atoms with E-state index < -0.39 is 4.92 Å². The maximum Gasteiger partial charge on any atom is 0.269 e. The van der Waals surface area contributed by atoms with E-state index in [-0.39, 0.29) is 22.8 Å². The van der Waals surface area contributed by atoms with Crippen LogP contribution >= 0.6 is 11.8 Å². The van der Waals surface area contributed by atoms with E-state index in [0.29, 0.717) is 16.9 Å². The third kappa shape index (κ3) is 5.39. The molecule has 3 aromatic carbocycles. The number of benzene rings is 3. The summed E-state index contributed by atoms with van der Waals surface area (Å²) in [6, 6.07) is 20.2. The van der Waals surface area contributed by atoms with Crippen molar-refractivity contribution in [1.29, 1.82) is 0 Å². The fourth-order valence-electron chi connectivity index (χ4n) is 3.21. The van der Waals surface area contributed by atoms with Crippen molar-refractivity contribution in [3.63, 3.8) is 0 Å². The lowest BCUT2D eigenvalue weighted by Gasteiger charge is -2.13. The van der Waals surface area contributed by atoms with Crippen LogP contribution in [-0.4, -0.2) is 27.0 Å². The molecule has 0 spiro atoms. The van der Waals surface area contributed by atoms with Crippen molar-refractivity contribution < 1.29 is 14.5 Å². The zero-order chi connectivity index (χ0) is 23.4. The summed E-state index contributed by atoms with van der Waals surface area (Å²) < 4.78 is 0. The van der Waals surface area contributed by atoms with Crippen molar-refractivity contribution in [2.75, 3.05) is 10.6 Å². The molecule has 166 valence electrons. The third-order valence-electron chi connectivity index (χ3n) is 4.94. The first-order valence-electron chi connectivity index (χ1n) is 10.1. The predicted molar refractivity (Wildman–Crippen MR) is 130 cm³/mol. The molecular formula is C24H20N4O4S. The molecule has 0 fully saturated rings. The molecule has 0 aliphatic heterocycles. The van der Waals surface area contributed by atoms with Gasteiger partial charge in [-0.05, 0) is 60.8 Å². The highest BCUT2D eigenvalue weighted by atomic mass is 32.2. The summed E-state index contributed by atoms with van der Waals surface area (Å²) in [7, 11) is 0. The van der Waals surface area contributed by atoms with Gasteiger partial charge in [0.25, 0.3) is 11.6 Å². The van der Waals surface area contributed by atoms with Crippen LogP contribution in [-0.2, 0) is 4.79 Å². The minimum absolute atomic E-state index is 0.0787. The van der Waals surface area contributed by atoms with Gasteiger partial charge in [0.15, 0.2) is 0 Å². The van der Waals surface area contributed by atoms with Crippen LogP contribution in [0.2, 0.25) is 0 Å². The Kier molecular flexibility index (Phi) is 6.41. The minimum Gasteiger partial charge on any atom is -0.361 e. The maximum atomic E-state index is 12.7. The Bertz CT molecular complexity index is 1330. The highest BCUT2D eigenvalue weighted by Crippen LogP contribution is 2.27. The monoisotopic (exact) mass is 460 g/mol. The molecule has 9 heteroatoms. The summed E-state index contributed by atoms with van der Waals surface area (Å²) in [5, 5.41) is 17.2. The Morgan fingerprint density at radius 1 is 0.970 bits per heavy atom. The summed E-state index contributed by atoms with van der Waals surface area (Å²) in [5.74, 6) is -0.510. The lowest BCUT2D eigenvalue weighted by molar-refractivity contribution is -0.384. The van der Waals surface area contributed by atoms with Gasteiger partial charge in [-0.15, -0.1) is 11.8 Å². The summed E-state index contributed by atoms with van der Waals surface area (Å²) >= 11 is 1.37. The fraction of sp³-hybridized carbons (Fsp3) is 0.0833. The summed E-state index contributed by atoms with van der Waals surface area (Å²) in [6.45, 7) is 1.81. The van der Waals surface area contributed by atoms with Gasteiger partial charge in [0, 0.05) is 45.7 Å². The van der Waals surface area contributed by atoms with Crippen molar-refractivity contribution in [2.45, 2.75) is 17.1 Å². The molecule has 4 aromatic rings. The van der Waals surface area contributed by atoms with Crippen LogP contribution in [0.4, 0.5) is 17.1 Å². The topological polar surface area (TPSA) is 117 Å². The molecule has 0 bridgehead atoms. The van der Waals surface area contributed by atoms with Crippen LogP contribution in [0.3, 0.4) is 0 Å². The molecular weight excluding hydrogens is 440 g/mol. The van der Waals surface area contributed by atoms with Gasteiger partial charge in [-0.3, -0.25) is 19.7 Å². The second kappa shape index (κ2) is 9.58. The summed E-state index contributed by atoms with van der Waals surface area (Å²) in [5.41, 5.74) is 2.46. The molecule has 0 radical (unpaired) electrons. The van der Waals surface area contributed by atoms with Crippen LogP contribution in [0, 0.1) is 10.1 Å². The molecule has 0 aliphatic rings. The maximum absolute atomic E-state index is 12.7. The number of aromatic nitrogens is 1. The van der Waals surface area contributed by atoms with Gasteiger partial charge in [0.05, 0.1) is 10.2 Å². The average Bonchev–Trinajstić information content (AvgIpc) is 3.27. The van der Waals surface area contributed by atoms with Gasteiger partial charge in [-0.2, -0.15) is 0 Å². The number of nitrogens with one attached hydrogen (secondary N) is 3. The number of nitrogens with zero attached hydrogens (tertiary/aromatic N) is 1. The molecule has 0 saturated heterocycles. The number of hydrogen-bond acceptors (Lipinski definition) is 5. The molecule has 33 heavy (non-hydrogen) atoms. The number of rotatable bonds is 7. The van der Waals surface area contributed by atoms with Gasteiger partial charge >= 0.3 is 0 Å². The molecule has 1 heterocycles. The van der Waals surface area contributed by atoms with Gasteiger partial charge in [-0.25, -0.2) is 0 Å². The van der Waals surface area contributed by atoms with E-state index in [1.165, 1.54) is 36.0 Å². The number of hydrogen-bond donors (Lipinski definition) is 3. The lowest BCUT2D eigenvalue weighted by Crippen LogP contribution is -2.22. The minimum atomic E-state index is -0.516. The number of carbonyl (C=O) groups is 2. The number of carbonyl (C=O) groups excluding carboxylic acids is 2. The first kappa shape index (κ1) is 22.1. The van der Waals surface area contributed by atoms with Crippen LogP contribution in [0.1, 0.15) is 17.3 Å². The normalized spacial score (nSPS) is 11.7. The number of amides is 2. The molecule has 0 saturated carbocycles. The third-order valence-corrected chi connectivity index (χ3v) is 6.03. The molecule has 1 aromatic heterocycles. The Morgan fingerprint density at radius 2 is 1.73 bits per heavy atom. The molecule has 8 nitrogen and oxygen atoms in total. The zero-order valence-electron chi connectivity index (χ0n) is 17.6. The summed E-state index contributed by atoms with van der Waals surface area (Å²) in [4.78, 5) is 39.3. The van der Waals surface area contributed by atoms with Crippen molar-refractivity contribution >= 4 is 51.5 Å². The molecule has 4 rings (SSSR count). The van der Waals surface area contributed by atoms with Crippen molar-refractivity contribution in [3.8, 4) is 0 Å². The Labute approximate surface area is 193 Å². The standard InChI is InChI=1S/C24H20N4O4S/c1-15(23(29)26-19-8-5-16-11-12-25-22(16)14-19)33-21-4-2-3-18(13-21)27-24(30)17-6-9-20(10-7-17)28(31)32/h2-15,25H,1H3,(H,26,29)(H,27,30). The largest absolute Gasteiger partial charge is 0.361 e. The quantitative estimate of drug-likeness (QED) is 0.193. The second-order valence-electron chi connectivity index (χ2n) is 7.31. The number of aromatic amines is 1. The molecule has 1 atom stereocenters. The Balaban J connectivity index is 1.37. The van der Waals surface area contributed by atoms with E-state index in [1.54, 1.807) is 18.2 Å². The van der Waals surface area contributed by atoms with Crippen LogP contribution in [0.15, 0.2) is 83.9 Å². The average molecular weight is 461 g/mol. The highest BCUT2D eigenvalue weighted by molar-refractivity contribution is 8.00. The first-order valence-corrected chi connectivity index (χ1v) is 11.0. The highest BCUT2D eigenvalue weighted by Gasteiger charge is 2.16. The Morgan fingerprint density at radius 3 is 2.48 bits per heavy atom. The zero-order valence-corrected chi connectivity index (χ0v) is 18.4. The van der Waals surface area contributed by atoms with Gasteiger partial charge in [-0.1, -0.05) is 12.1 Å². The number of anilines is 2. The van der Waals surface area contributed by atoms with E-state index in [2.05, 4.69) is 15.6 Å². The molecule has 0 aliphatic carbocycles. The van der Waals surface area contributed by atoms with Crippen LogP contribution < -0.4 is 10.6 Å². The van der Waals surface area contributed by atoms with E-state index in [1.807, 2.05) is 43.5 Å². The van der Waals surface area contributed by atoms with Crippen LogP contribution in [0.25, 0.3) is 10.9 Å². The SMILES string of the molecule is CC(Sc1cccc(NC(=O)c2ccc([N+](=O)[O-])cc2)c1)C(=O)Nc1ccc2cc[nH]c2c1. The Hall–Kier alpha value is -4.11. The van der Waals surface area contributed by atoms with E-state index in [4.69, 9.17) is 0 Å². The van der Waals surface area contributed by atoms with E-state index in [0.717, 1.165) is 15.8 Å². The van der Waals surface area contributed by atoms with Crippen molar-refractivity contribution in [1.82, 2.24) is 4.98 Å². The number of H-pyrrole nitrogens is 1. The molecule has 2 amide bonds.